The van der Waals surface area contributed by atoms with E-state index in [0.29, 0.717) is 23.7 Å². The molecule has 38 heavy (non-hydrogen) atoms. The minimum absolute atomic E-state index is 0.114. The number of imidazole rings is 1. The lowest BCUT2D eigenvalue weighted by molar-refractivity contribution is -0.0501. The average Bonchev–Trinajstić information content (AvgIpc) is 3.45. The molecule has 0 bridgehead atoms. The van der Waals surface area contributed by atoms with Gasteiger partial charge in [-0.25, -0.2) is 20.4 Å². The normalized spacial score (nSPS) is 21.3. The predicted molar refractivity (Wildman–Crippen MR) is 138 cm³/mol. The van der Waals surface area contributed by atoms with Crippen LogP contribution >= 0.6 is 0 Å². The van der Waals surface area contributed by atoms with Crippen molar-refractivity contribution < 1.29 is 29.5 Å². The summed E-state index contributed by atoms with van der Waals surface area (Å²) in [5.74, 6) is 1.37. The van der Waals surface area contributed by atoms with Gasteiger partial charge < -0.3 is 35.3 Å². The SMILES string of the molecule is COc1cc(/C=N\Nc2nc3c(N)ncnc3n2[C@H]2O[C@@H](CO)[C@@H](O)[C@@H]2O)ccc1OCc1ccccc1. The number of benzene rings is 2. The molecule has 13 heteroatoms. The Labute approximate surface area is 217 Å². The molecule has 13 nitrogen and oxygen atoms in total. The molecule has 3 heterocycles. The zero-order chi connectivity index (χ0) is 26.6. The molecule has 6 N–H and O–H groups in total. The molecular weight excluding hydrogens is 494 g/mol. The van der Waals surface area contributed by atoms with Crippen LogP contribution in [-0.2, 0) is 11.3 Å². The number of aliphatic hydroxyl groups excluding tert-OH is 3. The summed E-state index contributed by atoms with van der Waals surface area (Å²) in [5.41, 5.74) is 11.0. The Morgan fingerprint density at radius 3 is 2.68 bits per heavy atom. The number of aromatic nitrogens is 4. The van der Waals surface area contributed by atoms with E-state index in [4.69, 9.17) is 19.9 Å². The third-order valence-electron chi connectivity index (χ3n) is 6.08. The van der Waals surface area contributed by atoms with Crippen LogP contribution in [-0.4, -0.2) is 73.1 Å². The first-order valence-electron chi connectivity index (χ1n) is 11.7. The van der Waals surface area contributed by atoms with E-state index in [1.807, 2.05) is 36.4 Å². The Morgan fingerprint density at radius 2 is 1.95 bits per heavy atom. The third kappa shape index (κ3) is 4.95. The Bertz CT molecular complexity index is 1430. The van der Waals surface area contributed by atoms with Gasteiger partial charge in [0, 0.05) is 0 Å². The van der Waals surface area contributed by atoms with E-state index in [0.717, 1.165) is 5.56 Å². The first-order valence-corrected chi connectivity index (χ1v) is 11.7. The maximum Gasteiger partial charge on any atom is 0.228 e. The smallest absolute Gasteiger partial charge is 0.228 e. The van der Waals surface area contributed by atoms with Crippen molar-refractivity contribution in [3.8, 4) is 11.5 Å². The standard InChI is InChI=1S/C25H27N7O6/c1-36-17-9-15(7-8-16(17)37-12-14-5-3-2-4-6-14)10-29-31-25-30-19-22(26)27-13-28-23(19)32(25)24-21(35)20(34)18(11-33)38-24/h2-10,13,18,20-21,24,33-35H,11-12H2,1H3,(H,30,31)(H2,26,27,28)/b29-10-/t18-,20+,21-,24-/m0/s1. The van der Waals surface area contributed by atoms with Gasteiger partial charge in [0.05, 0.1) is 19.9 Å². The van der Waals surface area contributed by atoms with Crippen LogP contribution in [0.3, 0.4) is 0 Å². The topological polar surface area (TPSA) is 182 Å². The van der Waals surface area contributed by atoms with Crippen molar-refractivity contribution in [1.82, 2.24) is 19.5 Å². The summed E-state index contributed by atoms with van der Waals surface area (Å²) in [6.07, 6.45) is -1.98. The lowest BCUT2D eigenvalue weighted by atomic mass is 10.1. The number of anilines is 2. The van der Waals surface area contributed by atoms with E-state index >= 15 is 0 Å². The fourth-order valence-corrected chi connectivity index (χ4v) is 4.12. The molecule has 1 aliphatic rings. The minimum Gasteiger partial charge on any atom is -0.493 e. The summed E-state index contributed by atoms with van der Waals surface area (Å²) in [6.45, 7) is -0.0817. The van der Waals surface area contributed by atoms with E-state index < -0.39 is 31.1 Å². The van der Waals surface area contributed by atoms with Crippen molar-refractivity contribution in [1.29, 1.82) is 0 Å². The highest BCUT2D eigenvalue weighted by atomic mass is 16.6. The van der Waals surface area contributed by atoms with Gasteiger partial charge in [-0.3, -0.25) is 4.57 Å². The molecule has 0 radical (unpaired) electrons. The van der Waals surface area contributed by atoms with Crippen LogP contribution < -0.4 is 20.6 Å². The van der Waals surface area contributed by atoms with Crippen LogP contribution in [0.1, 0.15) is 17.4 Å². The van der Waals surface area contributed by atoms with Crippen LogP contribution in [0, 0.1) is 0 Å². The summed E-state index contributed by atoms with van der Waals surface area (Å²) < 4.78 is 18.5. The van der Waals surface area contributed by atoms with Gasteiger partial charge in [-0.1, -0.05) is 30.3 Å². The number of nitrogens with one attached hydrogen (secondary N) is 1. The number of ether oxygens (including phenoxy) is 3. The first kappa shape index (κ1) is 25.4. The second-order valence-corrected chi connectivity index (χ2v) is 8.52. The molecule has 2 aromatic carbocycles. The van der Waals surface area contributed by atoms with Crippen LogP contribution in [0.4, 0.5) is 11.8 Å². The summed E-state index contributed by atoms with van der Waals surface area (Å²) in [6, 6.07) is 15.2. The Kier molecular flexibility index (Phi) is 7.33. The van der Waals surface area contributed by atoms with Crippen LogP contribution in [0.2, 0.25) is 0 Å². The molecule has 2 aromatic heterocycles. The molecule has 1 saturated heterocycles. The number of hydrogen-bond acceptors (Lipinski definition) is 12. The number of nitrogens with two attached hydrogens (primary N) is 1. The third-order valence-corrected chi connectivity index (χ3v) is 6.08. The lowest BCUT2D eigenvalue weighted by Gasteiger charge is -2.18. The molecule has 0 saturated carbocycles. The molecule has 1 fully saturated rings. The van der Waals surface area contributed by atoms with Gasteiger partial charge in [-0.2, -0.15) is 5.10 Å². The van der Waals surface area contributed by atoms with Gasteiger partial charge in [0.1, 0.15) is 31.2 Å². The lowest BCUT2D eigenvalue weighted by Crippen LogP contribution is -2.33. The van der Waals surface area contributed by atoms with Crippen molar-refractivity contribution in [2.75, 3.05) is 24.9 Å². The summed E-state index contributed by atoms with van der Waals surface area (Å²) >= 11 is 0. The van der Waals surface area contributed by atoms with Gasteiger partial charge in [0.15, 0.2) is 34.7 Å². The number of aliphatic hydroxyl groups is 3. The molecule has 0 unspecified atom stereocenters. The molecule has 0 aliphatic carbocycles. The largest absolute Gasteiger partial charge is 0.493 e. The maximum absolute atomic E-state index is 10.6. The minimum atomic E-state index is -1.36. The molecule has 5 rings (SSSR count). The number of rotatable bonds is 9. The number of hydrogen-bond donors (Lipinski definition) is 5. The van der Waals surface area contributed by atoms with Crippen LogP contribution in [0.15, 0.2) is 60.0 Å². The van der Waals surface area contributed by atoms with Crippen molar-refractivity contribution in [3.05, 3.63) is 66.0 Å². The highest BCUT2D eigenvalue weighted by Crippen LogP contribution is 2.35. The second kappa shape index (κ2) is 11.0. The summed E-state index contributed by atoms with van der Waals surface area (Å²) in [5, 5.41) is 34.6. The van der Waals surface area contributed by atoms with E-state index in [1.165, 1.54) is 10.9 Å². The summed E-state index contributed by atoms with van der Waals surface area (Å²) in [4.78, 5) is 12.6. The van der Waals surface area contributed by atoms with Crippen LogP contribution in [0.25, 0.3) is 11.2 Å². The number of nitrogens with zero attached hydrogens (tertiary/aromatic N) is 5. The number of hydrazone groups is 1. The predicted octanol–water partition coefficient (Wildman–Crippen LogP) is 1.05. The van der Waals surface area contributed by atoms with Gasteiger partial charge in [-0.15, -0.1) is 0 Å². The van der Waals surface area contributed by atoms with E-state index in [1.54, 1.807) is 25.5 Å². The molecule has 0 amide bonds. The fourth-order valence-electron chi connectivity index (χ4n) is 4.12. The van der Waals surface area contributed by atoms with Crippen molar-refractivity contribution in [2.45, 2.75) is 31.1 Å². The average molecular weight is 522 g/mol. The van der Waals surface area contributed by atoms with Crippen molar-refractivity contribution in [2.24, 2.45) is 5.10 Å². The molecule has 4 atom stereocenters. The Balaban J connectivity index is 1.37. The first-order chi connectivity index (χ1) is 18.5. The second-order valence-electron chi connectivity index (χ2n) is 8.52. The number of methoxy groups -OCH3 is 1. The van der Waals surface area contributed by atoms with E-state index in [-0.39, 0.29) is 22.9 Å². The van der Waals surface area contributed by atoms with Crippen molar-refractivity contribution >= 4 is 29.1 Å². The quantitative estimate of drug-likeness (QED) is 0.157. The number of fused-ring (bicyclic) bond motifs is 1. The molecular formula is C25H27N7O6. The van der Waals surface area contributed by atoms with Gasteiger partial charge >= 0.3 is 0 Å². The maximum atomic E-state index is 10.6. The van der Waals surface area contributed by atoms with Crippen molar-refractivity contribution in [3.63, 3.8) is 0 Å². The highest BCUT2D eigenvalue weighted by Gasteiger charge is 2.45. The molecule has 4 aromatic rings. The summed E-state index contributed by atoms with van der Waals surface area (Å²) in [7, 11) is 1.55. The van der Waals surface area contributed by atoms with Gasteiger partial charge in [-0.05, 0) is 29.3 Å². The monoisotopic (exact) mass is 521 g/mol. The fraction of sp³-hybridized carbons (Fsp3) is 0.280. The molecule has 0 spiro atoms. The van der Waals surface area contributed by atoms with E-state index in [2.05, 4.69) is 25.5 Å². The van der Waals surface area contributed by atoms with Crippen LogP contribution in [0.5, 0.6) is 11.5 Å². The highest BCUT2D eigenvalue weighted by molar-refractivity contribution is 5.85. The zero-order valence-corrected chi connectivity index (χ0v) is 20.4. The Morgan fingerprint density at radius 1 is 1.13 bits per heavy atom. The van der Waals surface area contributed by atoms with Gasteiger partial charge in [0.2, 0.25) is 5.95 Å². The Hall–Kier alpha value is -4.30. The molecule has 1 aliphatic heterocycles. The molecule has 198 valence electrons. The van der Waals surface area contributed by atoms with E-state index in [9.17, 15) is 15.3 Å². The van der Waals surface area contributed by atoms with Gasteiger partial charge in [0.25, 0.3) is 0 Å². The zero-order valence-electron chi connectivity index (χ0n) is 20.4. The number of nitrogen functional groups attached to an aromatic ring is 1.